The Labute approximate surface area is 462 Å². The van der Waals surface area contributed by atoms with Crippen LogP contribution in [0.5, 0.6) is 0 Å². The molecule has 438 valence electrons. The molecule has 2 atom stereocenters. The molecule has 0 bridgehead atoms. The number of carbonyl (C=O) groups excluding carboxylic acids is 2. The third-order valence-electron chi connectivity index (χ3n) is 15.7. The molecule has 0 aromatic rings. The predicted molar refractivity (Wildman–Crippen MR) is 324 cm³/mol. The molecule has 0 aromatic heterocycles. The molecule has 6 heteroatoms. The molecule has 0 rings (SSSR count). The van der Waals surface area contributed by atoms with Crippen molar-refractivity contribution in [3.05, 3.63) is 24.3 Å². The number of amides is 1. The lowest BCUT2D eigenvalue weighted by Crippen LogP contribution is -2.45. The molecular weight excluding hydrogens is 911 g/mol. The zero-order valence-corrected chi connectivity index (χ0v) is 50.1. The van der Waals surface area contributed by atoms with Crippen LogP contribution in [0.4, 0.5) is 0 Å². The van der Waals surface area contributed by atoms with Crippen LogP contribution in [0.25, 0.3) is 0 Å². The van der Waals surface area contributed by atoms with Crippen molar-refractivity contribution in [3.8, 4) is 0 Å². The van der Waals surface area contributed by atoms with Gasteiger partial charge in [-0.25, -0.2) is 0 Å². The third-order valence-corrected chi connectivity index (χ3v) is 15.7. The van der Waals surface area contributed by atoms with Gasteiger partial charge in [-0.05, 0) is 77.0 Å². The highest BCUT2D eigenvalue weighted by molar-refractivity contribution is 5.76. The largest absolute Gasteiger partial charge is 0.466 e. The van der Waals surface area contributed by atoms with Gasteiger partial charge in [-0.1, -0.05) is 308 Å². The van der Waals surface area contributed by atoms with Crippen LogP contribution in [-0.4, -0.2) is 47.4 Å². The number of esters is 1. The second-order valence-electron chi connectivity index (χ2n) is 23.1. The van der Waals surface area contributed by atoms with E-state index in [4.69, 9.17) is 4.74 Å². The normalized spacial score (nSPS) is 12.6. The van der Waals surface area contributed by atoms with Crippen molar-refractivity contribution in [3.63, 3.8) is 0 Å². The number of unbranched alkanes of at least 4 members (excludes halogenated alkanes) is 48. The number of hydrogen-bond donors (Lipinski definition) is 3. The third kappa shape index (κ3) is 59.6. The van der Waals surface area contributed by atoms with Gasteiger partial charge in [0, 0.05) is 12.8 Å². The maximum absolute atomic E-state index is 12.5. The standard InChI is InChI=1S/C68H131NO5/c1-3-5-7-9-11-13-15-17-34-37-40-44-48-52-56-60-66(71)65(64-70)69-67(72)61-57-53-49-45-41-38-35-32-30-28-26-24-22-20-18-19-21-23-25-27-29-31-33-36-39-43-47-51-55-59-63-74-68(73)62-58-54-50-46-42-16-14-12-10-8-6-4-2/h12,14,19,21,65-66,70-71H,3-11,13,15-18,20,22-64H2,1-2H3,(H,69,72)/b14-12-,21-19-. The maximum atomic E-state index is 12.5. The lowest BCUT2D eigenvalue weighted by atomic mass is 10.0. The summed E-state index contributed by atoms with van der Waals surface area (Å²) in [5.41, 5.74) is 0. The average Bonchev–Trinajstić information content (AvgIpc) is 3.40. The van der Waals surface area contributed by atoms with E-state index in [0.29, 0.717) is 25.9 Å². The summed E-state index contributed by atoms with van der Waals surface area (Å²) in [4.78, 5) is 24.5. The second kappa shape index (κ2) is 63.9. The van der Waals surface area contributed by atoms with Crippen LogP contribution in [0.2, 0.25) is 0 Å². The Kier molecular flexibility index (Phi) is 62.4. The van der Waals surface area contributed by atoms with Crippen molar-refractivity contribution < 1.29 is 24.5 Å². The summed E-state index contributed by atoms with van der Waals surface area (Å²) in [7, 11) is 0. The van der Waals surface area contributed by atoms with Crippen molar-refractivity contribution in [1.82, 2.24) is 5.32 Å². The molecular formula is C68H131NO5. The van der Waals surface area contributed by atoms with Gasteiger partial charge in [0.25, 0.3) is 0 Å². The first-order chi connectivity index (χ1) is 36.5. The highest BCUT2D eigenvalue weighted by Crippen LogP contribution is 2.18. The van der Waals surface area contributed by atoms with Crippen molar-refractivity contribution in [2.75, 3.05) is 13.2 Å². The first-order valence-corrected chi connectivity index (χ1v) is 33.6. The number of carbonyl (C=O) groups is 2. The molecule has 2 unspecified atom stereocenters. The van der Waals surface area contributed by atoms with Gasteiger partial charge in [-0.15, -0.1) is 0 Å². The first-order valence-electron chi connectivity index (χ1n) is 33.6. The minimum absolute atomic E-state index is 0.00736. The first kappa shape index (κ1) is 72.3. The van der Waals surface area contributed by atoms with Crippen LogP contribution in [0.1, 0.15) is 373 Å². The van der Waals surface area contributed by atoms with Gasteiger partial charge in [0.05, 0.1) is 25.4 Å². The van der Waals surface area contributed by atoms with E-state index >= 15 is 0 Å². The monoisotopic (exact) mass is 1040 g/mol. The molecule has 0 aliphatic carbocycles. The number of hydrogen-bond acceptors (Lipinski definition) is 5. The van der Waals surface area contributed by atoms with E-state index in [2.05, 4.69) is 43.5 Å². The van der Waals surface area contributed by atoms with Gasteiger partial charge in [-0.3, -0.25) is 9.59 Å². The number of nitrogens with one attached hydrogen (secondary N) is 1. The Balaban J connectivity index is 3.36. The van der Waals surface area contributed by atoms with Gasteiger partial charge in [0.15, 0.2) is 0 Å². The molecule has 0 spiro atoms. The molecule has 0 saturated heterocycles. The van der Waals surface area contributed by atoms with E-state index in [0.717, 1.165) is 44.9 Å². The van der Waals surface area contributed by atoms with E-state index in [1.54, 1.807) is 0 Å². The van der Waals surface area contributed by atoms with E-state index in [1.165, 1.54) is 295 Å². The molecule has 0 fully saturated rings. The summed E-state index contributed by atoms with van der Waals surface area (Å²) in [6.45, 7) is 4.95. The van der Waals surface area contributed by atoms with Crippen LogP contribution in [0, 0.1) is 0 Å². The minimum Gasteiger partial charge on any atom is -0.466 e. The number of aliphatic hydroxyl groups excluding tert-OH is 2. The van der Waals surface area contributed by atoms with Gasteiger partial charge in [0.1, 0.15) is 0 Å². The Morgan fingerprint density at radius 2 is 0.635 bits per heavy atom. The zero-order valence-electron chi connectivity index (χ0n) is 50.1. The topological polar surface area (TPSA) is 95.9 Å². The molecule has 0 saturated carbocycles. The van der Waals surface area contributed by atoms with Crippen molar-refractivity contribution in [2.45, 2.75) is 386 Å². The lowest BCUT2D eigenvalue weighted by Gasteiger charge is -2.22. The molecule has 6 nitrogen and oxygen atoms in total. The minimum atomic E-state index is -0.663. The van der Waals surface area contributed by atoms with Crippen molar-refractivity contribution in [1.29, 1.82) is 0 Å². The van der Waals surface area contributed by atoms with E-state index < -0.39 is 12.1 Å². The van der Waals surface area contributed by atoms with Crippen LogP contribution in [-0.2, 0) is 14.3 Å². The molecule has 0 aliphatic rings. The number of aliphatic hydroxyl groups is 2. The van der Waals surface area contributed by atoms with Crippen LogP contribution >= 0.6 is 0 Å². The van der Waals surface area contributed by atoms with Gasteiger partial charge >= 0.3 is 5.97 Å². The second-order valence-corrected chi connectivity index (χ2v) is 23.1. The molecule has 0 heterocycles. The Hall–Kier alpha value is -1.66. The van der Waals surface area contributed by atoms with Gasteiger partial charge in [0.2, 0.25) is 5.91 Å². The fourth-order valence-electron chi connectivity index (χ4n) is 10.6. The summed E-state index contributed by atoms with van der Waals surface area (Å²) in [6.07, 6.45) is 79.3. The zero-order chi connectivity index (χ0) is 53.6. The number of allylic oxidation sites excluding steroid dienone is 4. The van der Waals surface area contributed by atoms with Crippen LogP contribution < -0.4 is 5.32 Å². The summed E-state index contributed by atoms with van der Waals surface area (Å²) < 4.78 is 5.47. The number of rotatable bonds is 63. The SMILES string of the molecule is CCCCC/C=C\CCCCCCCC(=O)OCCCCCCCCCCCCCC/C=C\CCCCCCCCCCCCCCCCC(=O)NC(CO)C(O)CCCCCCCCCCCCCCCCC. The van der Waals surface area contributed by atoms with E-state index in [-0.39, 0.29) is 18.5 Å². The van der Waals surface area contributed by atoms with Gasteiger partial charge < -0.3 is 20.3 Å². The Bertz CT molecular complexity index is 1150. The summed E-state index contributed by atoms with van der Waals surface area (Å²) in [5, 5.41) is 23.3. The average molecular weight is 1040 g/mol. The Morgan fingerprint density at radius 3 is 0.986 bits per heavy atom. The lowest BCUT2D eigenvalue weighted by molar-refractivity contribution is -0.143. The summed E-state index contributed by atoms with van der Waals surface area (Å²) >= 11 is 0. The van der Waals surface area contributed by atoms with Crippen LogP contribution in [0.3, 0.4) is 0 Å². The maximum Gasteiger partial charge on any atom is 0.305 e. The molecule has 3 N–H and O–H groups in total. The summed E-state index contributed by atoms with van der Waals surface area (Å²) in [5.74, 6) is -0.0235. The van der Waals surface area contributed by atoms with Gasteiger partial charge in [-0.2, -0.15) is 0 Å². The Morgan fingerprint density at radius 1 is 0.365 bits per heavy atom. The molecule has 0 radical (unpaired) electrons. The number of ether oxygens (including phenoxy) is 1. The molecule has 0 aromatic carbocycles. The predicted octanol–water partition coefficient (Wildman–Crippen LogP) is 21.4. The molecule has 74 heavy (non-hydrogen) atoms. The van der Waals surface area contributed by atoms with Crippen LogP contribution in [0.15, 0.2) is 24.3 Å². The van der Waals surface area contributed by atoms with Crippen molar-refractivity contribution in [2.24, 2.45) is 0 Å². The highest BCUT2D eigenvalue weighted by atomic mass is 16.5. The smallest absolute Gasteiger partial charge is 0.305 e. The molecule has 1 amide bonds. The summed E-state index contributed by atoms with van der Waals surface area (Å²) in [6, 6.07) is -0.540. The highest BCUT2D eigenvalue weighted by Gasteiger charge is 2.20. The molecule has 0 aliphatic heterocycles. The van der Waals surface area contributed by atoms with Crippen molar-refractivity contribution >= 4 is 11.9 Å². The quantitative estimate of drug-likeness (QED) is 0.0320. The fourth-order valence-corrected chi connectivity index (χ4v) is 10.6. The van der Waals surface area contributed by atoms with E-state index in [1.807, 2.05) is 0 Å². The fraction of sp³-hybridized carbons (Fsp3) is 0.912. The van der Waals surface area contributed by atoms with E-state index in [9.17, 15) is 19.8 Å².